The number of amides is 1. The highest BCUT2D eigenvalue weighted by molar-refractivity contribution is 5.98. The summed E-state index contributed by atoms with van der Waals surface area (Å²) in [6, 6.07) is 7.89. The Balaban J connectivity index is 1.48. The van der Waals surface area contributed by atoms with Gasteiger partial charge in [0, 0.05) is 36.8 Å². The molecule has 5 rings (SSSR count). The zero-order valence-corrected chi connectivity index (χ0v) is 13.7. The van der Waals surface area contributed by atoms with Gasteiger partial charge in [0.05, 0.1) is 6.04 Å². The Kier molecular flexibility index (Phi) is 3.07. The van der Waals surface area contributed by atoms with Crippen LogP contribution in [-0.2, 0) is 0 Å². The average molecular weight is 334 g/mol. The van der Waals surface area contributed by atoms with Crippen molar-refractivity contribution in [1.29, 1.82) is 0 Å². The molecule has 0 radical (unpaired) electrons. The number of hydrogen-bond acceptors (Lipinski definition) is 4. The third kappa shape index (κ3) is 2.28. The number of nitrogens with one attached hydrogen (secondary N) is 1. The zero-order chi connectivity index (χ0) is 16.9. The van der Waals surface area contributed by atoms with Gasteiger partial charge in [-0.3, -0.25) is 4.79 Å². The van der Waals surface area contributed by atoms with Crippen molar-refractivity contribution >= 4 is 11.6 Å². The summed E-state index contributed by atoms with van der Waals surface area (Å²) in [6.07, 6.45) is 10.9. The van der Waals surface area contributed by atoms with E-state index in [0.717, 1.165) is 30.6 Å². The lowest BCUT2D eigenvalue weighted by Gasteiger charge is -2.48. The van der Waals surface area contributed by atoms with Gasteiger partial charge in [-0.05, 0) is 25.3 Å². The van der Waals surface area contributed by atoms with Crippen LogP contribution in [0.15, 0.2) is 49.1 Å². The maximum absolute atomic E-state index is 12.9. The van der Waals surface area contributed by atoms with Gasteiger partial charge in [-0.25, -0.2) is 9.97 Å². The van der Waals surface area contributed by atoms with Crippen molar-refractivity contribution < 1.29 is 9.53 Å². The largest absolute Gasteiger partial charge is 0.487 e. The van der Waals surface area contributed by atoms with Gasteiger partial charge >= 0.3 is 0 Å². The van der Waals surface area contributed by atoms with E-state index in [4.69, 9.17) is 4.74 Å². The summed E-state index contributed by atoms with van der Waals surface area (Å²) < 4.78 is 8.05. The van der Waals surface area contributed by atoms with Crippen molar-refractivity contribution in [3.8, 4) is 5.75 Å². The minimum atomic E-state index is -0.201. The predicted octanol–water partition coefficient (Wildman–Crippen LogP) is 2.91. The van der Waals surface area contributed by atoms with Crippen LogP contribution in [0.5, 0.6) is 5.75 Å². The molecular formula is C19H18N4O2. The lowest BCUT2D eigenvalue weighted by atomic mass is 9.73. The van der Waals surface area contributed by atoms with Crippen LogP contribution in [0.3, 0.4) is 0 Å². The second-order valence-corrected chi connectivity index (χ2v) is 6.84. The molecule has 1 N–H and O–H groups in total. The fourth-order valence-electron chi connectivity index (χ4n) is 3.87. The van der Waals surface area contributed by atoms with E-state index in [1.807, 2.05) is 24.3 Å². The third-order valence-electron chi connectivity index (χ3n) is 5.29. The number of carbonyl (C=O) groups is 1. The molecule has 1 aliphatic carbocycles. The van der Waals surface area contributed by atoms with Gasteiger partial charge in [0.25, 0.3) is 5.91 Å². The van der Waals surface area contributed by atoms with Crippen LogP contribution in [-0.4, -0.2) is 25.9 Å². The molecule has 1 unspecified atom stereocenters. The summed E-state index contributed by atoms with van der Waals surface area (Å²) in [4.78, 5) is 21.4. The first-order valence-electron chi connectivity index (χ1n) is 8.61. The van der Waals surface area contributed by atoms with Crippen molar-refractivity contribution in [3.05, 3.63) is 60.3 Å². The zero-order valence-electron chi connectivity index (χ0n) is 13.7. The minimum absolute atomic E-state index is 0.0743. The molecule has 3 aromatic rings. The second-order valence-electron chi connectivity index (χ2n) is 6.84. The van der Waals surface area contributed by atoms with E-state index in [0.29, 0.717) is 11.3 Å². The molecule has 6 nitrogen and oxygen atoms in total. The molecule has 0 bridgehead atoms. The Hall–Kier alpha value is -2.89. The molecule has 6 heteroatoms. The number of ether oxygens (including phenoxy) is 1. The van der Waals surface area contributed by atoms with Gasteiger partial charge in [0.15, 0.2) is 11.3 Å². The van der Waals surface area contributed by atoms with Crippen LogP contribution in [0.2, 0.25) is 0 Å². The average Bonchev–Trinajstić information content (AvgIpc) is 3.08. The molecular weight excluding hydrogens is 316 g/mol. The topological polar surface area (TPSA) is 68.5 Å². The molecule has 1 aliphatic heterocycles. The van der Waals surface area contributed by atoms with Gasteiger partial charge in [-0.2, -0.15) is 0 Å². The highest BCUT2D eigenvalue weighted by Crippen LogP contribution is 2.48. The molecule has 126 valence electrons. The van der Waals surface area contributed by atoms with Crippen LogP contribution >= 0.6 is 0 Å². The maximum Gasteiger partial charge on any atom is 0.274 e. The summed E-state index contributed by atoms with van der Waals surface area (Å²) in [5.41, 5.74) is 1.82. The van der Waals surface area contributed by atoms with Crippen LogP contribution < -0.4 is 10.1 Å². The third-order valence-corrected chi connectivity index (χ3v) is 5.29. The van der Waals surface area contributed by atoms with Gasteiger partial charge in [-0.1, -0.05) is 18.2 Å². The van der Waals surface area contributed by atoms with E-state index in [2.05, 4.69) is 15.3 Å². The summed E-state index contributed by atoms with van der Waals surface area (Å²) in [5.74, 6) is 0.679. The number of imidazole rings is 1. The van der Waals surface area contributed by atoms with E-state index in [-0.39, 0.29) is 17.6 Å². The Morgan fingerprint density at radius 3 is 2.80 bits per heavy atom. The Morgan fingerprint density at radius 1 is 1.20 bits per heavy atom. The molecule has 25 heavy (non-hydrogen) atoms. The number of aromatic nitrogens is 3. The normalized spacial score (nSPS) is 20.6. The summed E-state index contributed by atoms with van der Waals surface area (Å²) in [7, 11) is 0. The molecule has 2 aromatic heterocycles. The van der Waals surface area contributed by atoms with Gasteiger partial charge < -0.3 is 14.5 Å². The van der Waals surface area contributed by atoms with E-state index in [9.17, 15) is 4.79 Å². The fourth-order valence-corrected chi connectivity index (χ4v) is 3.87. The van der Waals surface area contributed by atoms with E-state index >= 15 is 0 Å². The fraction of sp³-hybridized carbons (Fsp3) is 0.316. The number of fused-ring (bicyclic) bond motifs is 2. The Labute approximate surface area is 144 Å². The lowest BCUT2D eigenvalue weighted by Crippen LogP contribution is -2.49. The molecule has 1 saturated carbocycles. The Bertz CT molecular complexity index is 961. The molecule has 1 fully saturated rings. The molecule has 2 aliphatic rings. The predicted molar refractivity (Wildman–Crippen MR) is 91.5 cm³/mol. The van der Waals surface area contributed by atoms with E-state index in [1.165, 1.54) is 6.42 Å². The molecule has 1 spiro atoms. The first kappa shape index (κ1) is 14.5. The highest BCUT2D eigenvalue weighted by Gasteiger charge is 2.45. The summed E-state index contributed by atoms with van der Waals surface area (Å²) >= 11 is 0. The minimum Gasteiger partial charge on any atom is -0.487 e. The molecule has 1 amide bonds. The number of benzene rings is 1. The number of carbonyl (C=O) groups excluding carboxylic acids is 1. The van der Waals surface area contributed by atoms with Gasteiger partial charge in [0.1, 0.15) is 11.4 Å². The van der Waals surface area contributed by atoms with Crippen molar-refractivity contribution in [2.45, 2.75) is 37.3 Å². The molecule has 1 aromatic carbocycles. The van der Waals surface area contributed by atoms with Crippen LogP contribution in [0, 0.1) is 0 Å². The number of hydrogen-bond donors (Lipinski definition) is 1. The number of rotatable bonds is 2. The molecule has 3 heterocycles. The van der Waals surface area contributed by atoms with Crippen molar-refractivity contribution in [1.82, 2.24) is 19.7 Å². The van der Waals surface area contributed by atoms with Crippen molar-refractivity contribution in [2.75, 3.05) is 0 Å². The second kappa shape index (κ2) is 5.31. The maximum atomic E-state index is 12.9. The monoisotopic (exact) mass is 334 g/mol. The van der Waals surface area contributed by atoms with Crippen LogP contribution in [0.4, 0.5) is 0 Å². The highest BCUT2D eigenvalue weighted by atomic mass is 16.5. The molecule has 0 saturated heterocycles. The first-order chi connectivity index (χ1) is 12.2. The van der Waals surface area contributed by atoms with Crippen LogP contribution in [0.25, 0.3) is 5.65 Å². The quantitative estimate of drug-likeness (QED) is 0.782. The van der Waals surface area contributed by atoms with E-state index in [1.54, 1.807) is 29.2 Å². The van der Waals surface area contributed by atoms with E-state index < -0.39 is 0 Å². The molecule has 1 atom stereocenters. The summed E-state index contributed by atoms with van der Waals surface area (Å²) in [5, 5.41) is 3.16. The number of nitrogens with zero attached hydrogens (tertiary/aromatic N) is 3. The van der Waals surface area contributed by atoms with Gasteiger partial charge in [0.2, 0.25) is 0 Å². The number of para-hydroxylation sites is 1. The Morgan fingerprint density at radius 2 is 2.00 bits per heavy atom. The lowest BCUT2D eigenvalue weighted by molar-refractivity contribution is -0.0360. The summed E-state index contributed by atoms with van der Waals surface area (Å²) in [6.45, 7) is 0. The standard InChI is InChI=1S/C19H18N4O2/c24-18(16-17-21-9-11-23(17)10-8-20-16)22-14-12-19(6-3-7-19)25-15-5-2-1-4-13(14)15/h1-2,4-5,8-11,14H,3,6-7,12H2,(H,22,24). The first-order valence-corrected chi connectivity index (χ1v) is 8.61. The van der Waals surface area contributed by atoms with Crippen LogP contribution in [0.1, 0.15) is 47.8 Å². The SMILES string of the molecule is O=C(NC1CC2(CCC2)Oc2ccccc21)c1nccn2ccnc12. The van der Waals surface area contributed by atoms with Crippen molar-refractivity contribution in [2.24, 2.45) is 0 Å². The van der Waals surface area contributed by atoms with Crippen molar-refractivity contribution in [3.63, 3.8) is 0 Å². The smallest absolute Gasteiger partial charge is 0.274 e. The van der Waals surface area contributed by atoms with Gasteiger partial charge in [-0.15, -0.1) is 0 Å².